The molecule has 0 amide bonds. The van der Waals surface area contributed by atoms with E-state index >= 15 is 0 Å². The van der Waals surface area contributed by atoms with Crippen LogP contribution in [0.5, 0.6) is 0 Å². The lowest BCUT2D eigenvalue weighted by molar-refractivity contribution is -0.122. The molecule has 22 heavy (non-hydrogen) atoms. The normalized spacial score (nSPS) is 17.7. The largest absolute Gasteiger partial charge is 0.298 e. The second kappa shape index (κ2) is 6.45. The Morgan fingerprint density at radius 2 is 1.68 bits per heavy atom. The number of rotatable bonds is 4. The number of hydrogen-bond donors (Lipinski definition) is 0. The van der Waals surface area contributed by atoms with E-state index in [1.165, 1.54) is 12.1 Å². The third kappa shape index (κ3) is 3.72. The summed E-state index contributed by atoms with van der Waals surface area (Å²) in [5.74, 6) is -1.11. The molecule has 2 rings (SSSR count). The van der Waals surface area contributed by atoms with Crippen LogP contribution >= 0.6 is 0 Å². The SMILES string of the molecule is CC(C(=O)Cc1cc(F)c(C(C)(C)C)c(F)c1)N1CCCC1. The van der Waals surface area contributed by atoms with Crippen molar-refractivity contribution in [2.75, 3.05) is 13.1 Å². The molecule has 1 heterocycles. The van der Waals surface area contributed by atoms with Crippen LogP contribution < -0.4 is 0 Å². The van der Waals surface area contributed by atoms with Crippen molar-refractivity contribution in [3.05, 3.63) is 34.9 Å². The fourth-order valence-corrected chi connectivity index (χ4v) is 3.13. The Bertz CT molecular complexity index is 534. The van der Waals surface area contributed by atoms with Crippen LogP contribution in [-0.2, 0) is 16.6 Å². The minimum atomic E-state index is -0.598. The molecular formula is C18H25F2NO. The first kappa shape index (κ1) is 17.1. The predicted octanol–water partition coefficient (Wildman–Crippen LogP) is 3.86. The van der Waals surface area contributed by atoms with Gasteiger partial charge in [-0.25, -0.2) is 8.78 Å². The molecule has 0 spiro atoms. The molecule has 0 saturated carbocycles. The summed E-state index contributed by atoms with van der Waals surface area (Å²) in [4.78, 5) is 14.5. The van der Waals surface area contributed by atoms with Gasteiger partial charge < -0.3 is 0 Å². The molecule has 4 heteroatoms. The van der Waals surface area contributed by atoms with Crippen molar-refractivity contribution >= 4 is 5.78 Å². The summed E-state index contributed by atoms with van der Waals surface area (Å²) in [7, 11) is 0. The molecule has 1 aromatic carbocycles. The molecule has 0 N–H and O–H groups in total. The van der Waals surface area contributed by atoms with Gasteiger partial charge in [-0.05, 0) is 56.0 Å². The topological polar surface area (TPSA) is 20.3 Å². The molecule has 0 aliphatic carbocycles. The predicted molar refractivity (Wildman–Crippen MR) is 84.0 cm³/mol. The van der Waals surface area contributed by atoms with Gasteiger partial charge in [0.25, 0.3) is 0 Å². The first-order valence-electron chi connectivity index (χ1n) is 7.95. The molecule has 1 aliphatic heterocycles. The molecule has 1 unspecified atom stereocenters. The Morgan fingerprint density at radius 3 is 2.14 bits per heavy atom. The van der Waals surface area contributed by atoms with Crippen LogP contribution in [0, 0.1) is 11.6 Å². The number of halogens is 2. The van der Waals surface area contributed by atoms with E-state index in [-0.39, 0.29) is 23.8 Å². The van der Waals surface area contributed by atoms with Crippen LogP contribution in [0.1, 0.15) is 51.7 Å². The summed E-state index contributed by atoms with van der Waals surface area (Å²) in [5.41, 5.74) is -0.102. The molecule has 1 fully saturated rings. The second-order valence-corrected chi connectivity index (χ2v) is 7.25. The van der Waals surface area contributed by atoms with Gasteiger partial charge in [-0.1, -0.05) is 20.8 Å². The summed E-state index contributed by atoms with van der Waals surface area (Å²) >= 11 is 0. The van der Waals surface area contributed by atoms with Gasteiger partial charge in [0.15, 0.2) is 5.78 Å². The van der Waals surface area contributed by atoms with Crippen LogP contribution in [-0.4, -0.2) is 29.8 Å². The highest BCUT2D eigenvalue weighted by molar-refractivity contribution is 5.85. The number of carbonyl (C=O) groups is 1. The van der Waals surface area contributed by atoms with Crippen molar-refractivity contribution in [3.8, 4) is 0 Å². The van der Waals surface area contributed by atoms with E-state index in [1.54, 1.807) is 20.8 Å². The van der Waals surface area contributed by atoms with E-state index in [9.17, 15) is 13.6 Å². The average molecular weight is 309 g/mol. The number of ketones is 1. The molecule has 0 radical (unpaired) electrons. The molecule has 1 saturated heterocycles. The summed E-state index contributed by atoms with van der Waals surface area (Å²) in [6, 6.07) is 2.42. The lowest BCUT2D eigenvalue weighted by Gasteiger charge is -2.23. The number of benzene rings is 1. The molecular weight excluding hydrogens is 284 g/mol. The summed E-state index contributed by atoms with van der Waals surface area (Å²) < 4.78 is 28.4. The van der Waals surface area contributed by atoms with Gasteiger partial charge in [-0.15, -0.1) is 0 Å². The molecule has 122 valence electrons. The zero-order chi connectivity index (χ0) is 16.5. The molecule has 1 atom stereocenters. The lowest BCUT2D eigenvalue weighted by atomic mass is 9.85. The maximum absolute atomic E-state index is 14.2. The zero-order valence-corrected chi connectivity index (χ0v) is 13.9. The summed E-state index contributed by atoms with van der Waals surface area (Å²) in [6.07, 6.45) is 2.30. The fourth-order valence-electron chi connectivity index (χ4n) is 3.13. The first-order valence-corrected chi connectivity index (χ1v) is 7.95. The highest BCUT2D eigenvalue weighted by atomic mass is 19.1. The van der Waals surface area contributed by atoms with E-state index in [0.29, 0.717) is 5.56 Å². The van der Waals surface area contributed by atoms with Crippen molar-refractivity contribution in [2.45, 2.75) is 58.4 Å². The molecule has 0 aromatic heterocycles. The number of Topliss-reactive ketones (excluding diaryl/α,β-unsaturated/α-hetero) is 1. The van der Waals surface area contributed by atoms with Gasteiger partial charge in [0.05, 0.1) is 6.04 Å². The van der Waals surface area contributed by atoms with Gasteiger partial charge >= 0.3 is 0 Å². The highest BCUT2D eigenvalue weighted by Crippen LogP contribution is 2.29. The quantitative estimate of drug-likeness (QED) is 0.842. The van der Waals surface area contributed by atoms with Gasteiger partial charge in [-0.3, -0.25) is 9.69 Å². The average Bonchev–Trinajstić information content (AvgIpc) is 2.88. The third-order valence-electron chi connectivity index (χ3n) is 4.38. The van der Waals surface area contributed by atoms with E-state index in [0.717, 1.165) is 25.9 Å². The van der Waals surface area contributed by atoms with Crippen molar-refractivity contribution < 1.29 is 13.6 Å². The zero-order valence-electron chi connectivity index (χ0n) is 13.9. The van der Waals surface area contributed by atoms with Crippen LogP contribution in [0.3, 0.4) is 0 Å². The molecule has 1 aliphatic rings. The van der Waals surface area contributed by atoms with Gasteiger partial charge in [0.2, 0.25) is 0 Å². The number of likely N-dealkylation sites (tertiary alicyclic amines) is 1. The number of hydrogen-bond acceptors (Lipinski definition) is 2. The number of nitrogens with zero attached hydrogens (tertiary/aromatic N) is 1. The Labute approximate surface area is 131 Å². The summed E-state index contributed by atoms with van der Waals surface area (Å²) in [6.45, 7) is 9.05. The Kier molecular flexibility index (Phi) is 5.00. The maximum atomic E-state index is 14.2. The van der Waals surface area contributed by atoms with Crippen LogP contribution in [0.2, 0.25) is 0 Å². The van der Waals surface area contributed by atoms with Gasteiger partial charge in [0.1, 0.15) is 11.6 Å². The summed E-state index contributed by atoms with van der Waals surface area (Å²) in [5, 5.41) is 0. The monoisotopic (exact) mass is 309 g/mol. The standard InChI is InChI=1S/C18H25F2NO/c1-12(21-7-5-6-8-21)16(22)11-13-9-14(19)17(15(20)10-13)18(2,3)4/h9-10,12H,5-8,11H2,1-4H3. The minimum Gasteiger partial charge on any atom is -0.298 e. The second-order valence-electron chi connectivity index (χ2n) is 7.25. The number of carbonyl (C=O) groups excluding carboxylic acids is 1. The molecule has 1 aromatic rings. The maximum Gasteiger partial charge on any atom is 0.154 e. The van der Waals surface area contributed by atoms with Crippen LogP contribution in [0.4, 0.5) is 8.78 Å². The van der Waals surface area contributed by atoms with E-state index in [4.69, 9.17) is 0 Å². The highest BCUT2D eigenvalue weighted by Gasteiger charge is 2.26. The van der Waals surface area contributed by atoms with Crippen molar-refractivity contribution in [3.63, 3.8) is 0 Å². The van der Waals surface area contributed by atoms with Gasteiger partial charge in [-0.2, -0.15) is 0 Å². The van der Waals surface area contributed by atoms with Crippen LogP contribution in [0.25, 0.3) is 0 Å². The van der Waals surface area contributed by atoms with Crippen LogP contribution in [0.15, 0.2) is 12.1 Å². The lowest BCUT2D eigenvalue weighted by Crippen LogP contribution is -2.37. The minimum absolute atomic E-state index is 0.0178. The van der Waals surface area contributed by atoms with Crippen molar-refractivity contribution in [2.24, 2.45) is 0 Å². The van der Waals surface area contributed by atoms with E-state index in [1.807, 2.05) is 6.92 Å². The van der Waals surface area contributed by atoms with Crippen molar-refractivity contribution in [1.82, 2.24) is 4.90 Å². The molecule has 0 bridgehead atoms. The Hall–Kier alpha value is -1.29. The smallest absolute Gasteiger partial charge is 0.154 e. The third-order valence-corrected chi connectivity index (χ3v) is 4.38. The molecule has 2 nitrogen and oxygen atoms in total. The van der Waals surface area contributed by atoms with E-state index < -0.39 is 17.0 Å². The van der Waals surface area contributed by atoms with Gasteiger partial charge in [0, 0.05) is 12.0 Å². The van der Waals surface area contributed by atoms with E-state index in [2.05, 4.69) is 4.90 Å². The Balaban J connectivity index is 2.15. The Morgan fingerprint density at radius 1 is 1.18 bits per heavy atom. The fraction of sp³-hybridized carbons (Fsp3) is 0.611. The van der Waals surface area contributed by atoms with Crippen molar-refractivity contribution in [1.29, 1.82) is 0 Å². The first-order chi connectivity index (χ1) is 10.2.